The monoisotopic (exact) mass is 403 g/mol. The second-order valence-electron chi connectivity index (χ2n) is 6.52. The Morgan fingerprint density at radius 3 is 2.64 bits per heavy atom. The van der Waals surface area contributed by atoms with Crippen molar-refractivity contribution in [3.63, 3.8) is 0 Å². The van der Waals surface area contributed by atoms with Gasteiger partial charge in [-0.15, -0.1) is 10.2 Å². The molecule has 1 aliphatic rings. The summed E-state index contributed by atoms with van der Waals surface area (Å²) in [5.74, 6) is -1.30. The Hall–Kier alpha value is -2.85. The van der Waals surface area contributed by atoms with Crippen LogP contribution in [0, 0.1) is 5.82 Å². The molecule has 3 heterocycles. The highest BCUT2D eigenvalue weighted by Crippen LogP contribution is 2.24. The fourth-order valence-electron chi connectivity index (χ4n) is 3.19. The van der Waals surface area contributed by atoms with Gasteiger partial charge in [-0.3, -0.25) is 14.5 Å². The van der Waals surface area contributed by atoms with E-state index in [1.54, 1.807) is 28.8 Å². The van der Waals surface area contributed by atoms with Gasteiger partial charge in [0, 0.05) is 24.8 Å². The van der Waals surface area contributed by atoms with Crippen LogP contribution in [0.25, 0.3) is 5.65 Å². The molecule has 10 heteroatoms. The van der Waals surface area contributed by atoms with Gasteiger partial charge < -0.3 is 0 Å². The normalized spacial score (nSPS) is 15.6. The first-order valence-corrected chi connectivity index (χ1v) is 10.3. The van der Waals surface area contributed by atoms with Crippen molar-refractivity contribution in [2.45, 2.75) is 24.2 Å². The van der Waals surface area contributed by atoms with Gasteiger partial charge in [-0.1, -0.05) is 12.5 Å². The highest BCUT2D eigenvalue weighted by atomic mass is 32.2. The van der Waals surface area contributed by atoms with Gasteiger partial charge in [0.2, 0.25) is 16.0 Å². The molecule has 28 heavy (non-hydrogen) atoms. The number of fused-ring (bicyclic) bond motifs is 1. The van der Waals surface area contributed by atoms with E-state index < -0.39 is 26.6 Å². The van der Waals surface area contributed by atoms with Gasteiger partial charge in [0.05, 0.1) is 0 Å². The highest BCUT2D eigenvalue weighted by molar-refractivity contribution is 7.89. The van der Waals surface area contributed by atoms with Crippen LogP contribution in [0.5, 0.6) is 0 Å². The summed E-state index contributed by atoms with van der Waals surface area (Å²) in [6, 6.07) is 8.57. The molecule has 0 spiro atoms. The van der Waals surface area contributed by atoms with E-state index in [1.807, 2.05) is 0 Å². The smallest absolute Gasteiger partial charge is 0.258 e. The maximum Gasteiger partial charge on any atom is 0.258 e. The van der Waals surface area contributed by atoms with Crippen molar-refractivity contribution < 1.29 is 17.6 Å². The van der Waals surface area contributed by atoms with Gasteiger partial charge in [0.15, 0.2) is 5.65 Å². The lowest BCUT2D eigenvalue weighted by Crippen LogP contribution is -2.36. The molecule has 2 aromatic heterocycles. The number of carbonyl (C=O) groups excluding carboxylic acids is 1. The zero-order chi connectivity index (χ0) is 19.7. The molecule has 0 aliphatic carbocycles. The first-order chi connectivity index (χ1) is 13.5. The average Bonchev–Trinajstić information content (AvgIpc) is 3.12. The third-order valence-electron chi connectivity index (χ3n) is 4.67. The van der Waals surface area contributed by atoms with E-state index in [2.05, 4.69) is 15.5 Å². The molecule has 3 aromatic rings. The maximum absolute atomic E-state index is 14.3. The summed E-state index contributed by atoms with van der Waals surface area (Å²) in [7, 11) is -4.00. The highest BCUT2D eigenvalue weighted by Gasteiger charge is 2.29. The van der Waals surface area contributed by atoms with Crippen LogP contribution < -0.4 is 5.32 Å². The number of hydrogen-bond donors (Lipinski definition) is 1. The van der Waals surface area contributed by atoms with Gasteiger partial charge in [-0.2, -0.15) is 4.31 Å². The van der Waals surface area contributed by atoms with Crippen molar-refractivity contribution in [1.82, 2.24) is 18.9 Å². The Labute approximate surface area is 161 Å². The van der Waals surface area contributed by atoms with Crippen LogP contribution in [0.15, 0.2) is 47.5 Å². The van der Waals surface area contributed by atoms with Gasteiger partial charge in [-0.05, 0) is 43.2 Å². The lowest BCUT2D eigenvalue weighted by Gasteiger charge is -2.26. The van der Waals surface area contributed by atoms with E-state index in [0.29, 0.717) is 18.7 Å². The summed E-state index contributed by atoms with van der Waals surface area (Å²) >= 11 is 0. The van der Waals surface area contributed by atoms with Crippen LogP contribution in [-0.4, -0.2) is 46.3 Å². The quantitative estimate of drug-likeness (QED) is 0.721. The molecule has 1 amide bonds. The number of hydrogen-bond acceptors (Lipinski definition) is 5. The molecule has 0 radical (unpaired) electrons. The number of pyridine rings is 1. The molecule has 146 valence electrons. The van der Waals surface area contributed by atoms with Crippen molar-refractivity contribution in [1.29, 1.82) is 0 Å². The number of benzene rings is 1. The van der Waals surface area contributed by atoms with E-state index in [0.717, 1.165) is 31.4 Å². The van der Waals surface area contributed by atoms with Crippen molar-refractivity contribution >= 4 is 27.5 Å². The summed E-state index contributed by atoms with van der Waals surface area (Å²) in [4.78, 5) is 12.1. The second kappa shape index (κ2) is 7.28. The Bertz CT molecular complexity index is 1140. The molecule has 8 nitrogen and oxygen atoms in total. The van der Waals surface area contributed by atoms with Crippen molar-refractivity contribution in [3.8, 4) is 0 Å². The van der Waals surface area contributed by atoms with Gasteiger partial charge in [0.25, 0.3) is 5.91 Å². The van der Waals surface area contributed by atoms with E-state index in [1.165, 1.54) is 10.4 Å². The summed E-state index contributed by atoms with van der Waals surface area (Å²) in [6.45, 7) is 0.702. The molecule has 0 bridgehead atoms. The first-order valence-electron chi connectivity index (χ1n) is 8.87. The van der Waals surface area contributed by atoms with Crippen LogP contribution in [-0.2, 0) is 10.0 Å². The number of halogens is 1. The molecule has 1 aromatic carbocycles. The molecule has 0 saturated carbocycles. The third-order valence-corrected chi connectivity index (χ3v) is 6.58. The topological polar surface area (TPSA) is 96.7 Å². The Morgan fingerprint density at radius 1 is 1.07 bits per heavy atom. The molecular formula is C18H18FN5O3S. The Kier molecular flexibility index (Phi) is 4.82. The molecule has 0 unspecified atom stereocenters. The van der Waals surface area contributed by atoms with Crippen LogP contribution in [0.3, 0.4) is 0 Å². The molecule has 1 N–H and O–H groups in total. The number of nitrogens with one attached hydrogen (secondary N) is 1. The van der Waals surface area contributed by atoms with Gasteiger partial charge in [0.1, 0.15) is 10.7 Å². The number of nitrogens with zero attached hydrogens (tertiary/aromatic N) is 4. The molecule has 1 saturated heterocycles. The minimum Gasteiger partial charge on any atom is -0.290 e. The summed E-state index contributed by atoms with van der Waals surface area (Å²) in [5, 5.41) is 10.4. The number of aromatic nitrogens is 3. The van der Waals surface area contributed by atoms with Gasteiger partial charge >= 0.3 is 0 Å². The summed E-state index contributed by atoms with van der Waals surface area (Å²) in [6.07, 6.45) is 4.10. The SMILES string of the molecule is O=C(Nc1nnc2ccccn12)c1ccc(F)c(S(=O)(=O)N2CCCCC2)c1. The van der Waals surface area contributed by atoms with E-state index in [4.69, 9.17) is 0 Å². The number of carbonyl (C=O) groups is 1. The number of piperidine rings is 1. The lowest BCUT2D eigenvalue weighted by atomic mass is 10.2. The molecule has 1 fully saturated rings. The van der Waals surface area contributed by atoms with E-state index >= 15 is 0 Å². The molecule has 4 rings (SSSR count). The molecular weight excluding hydrogens is 385 g/mol. The fourth-order valence-corrected chi connectivity index (χ4v) is 4.79. The zero-order valence-electron chi connectivity index (χ0n) is 14.9. The van der Waals surface area contributed by atoms with Crippen LogP contribution in [0.4, 0.5) is 10.3 Å². The third kappa shape index (κ3) is 3.36. The maximum atomic E-state index is 14.3. The largest absolute Gasteiger partial charge is 0.290 e. The number of anilines is 1. The van der Waals surface area contributed by atoms with Crippen molar-refractivity contribution in [2.75, 3.05) is 18.4 Å². The minimum atomic E-state index is -4.00. The van der Waals surface area contributed by atoms with E-state index in [9.17, 15) is 17.6 Å². The fraction of sp³-hybridized carbons (Fsp3) is 0.278. The van der Waals surface area contributed by atoms with Gasteiger partial charge in [-0.25, -0.2) is 12.8 Å². The molecule has 1 aliphatic heterocycles. The Balaban J connectivity index is 1.63. The van der Waals surface area contributed by atoms with Crippen LogP contribution in [0.1, 0.15) is 29.6 Å². The standard InChI is InChI=1S/C18H18FN5O3S/c19-14-8-7-13(12-15(14)28(26,27)23-9-3-1-4-10-23)17(25)20-18-22-21-16-6-2-5-11-24(16)18/h2,5-8,11-12H,1,3-4,9-10H2,(H,20,22,25). The predicted molar refractivity (Wildman–Crippen MR) is 100.0 cm³/mol. The van der Waals surface area contributed by atoms with E-state index in [-0.39, 0.29) is 11.5 Å². The lowest BCUT2D eigenvalue weighted by molar-refractivity contribution is 0.102. The summed E-state index contributed by atoms with van der Waals surface area (Å²) < 4.78 is 42.8. The first kappa shape index (κ1) is 18.5. The number of amides is 1. The Morgan fingerprint density at radius 2 is 1.86 bits per heavy atom. The molecule has 0 atom stereocenters. The zero-order valence-corrected chi connectivity index (χ0v) is 15.7. The summed E-state index contributed by atoms with van der Waals surface area (Å²) in [5.41, 5.74) is 0.565. The van der Waals surface area contributed by atoms with Crippen molar-refractivity contribution in [3.05, 3.63) is 54.0 Å². The predicted octanol–water partition coefficient (Wildman–Crippen LogP) is 2.30. The van der Waals surface area contributed by atoms with Crippen LogP contribution >= 0.6 is 0 Å². The number of rotatable bonds is 4. The minimum absolute atomic E-state index is 0.0182. The van der Waals surface area contributed by atoms with Crippen LogP contribution in [0.2, 0.25) is 0 Å². The second-order valence-corrected chi connectivity index (χ2v) is 8.42. The number of sulfonamides is 1. The van der Waals surface area contributed by atoms with Crippen molar-refractivity contribution in [2.24, 2.45) is 0 Å². The average molecular weight is 403 g/mol.